The smallest absolute Gasteiger partial charge is 0.199 e. The van der Waals surface area contributed by atoms with Crippen molar-refractivity contribution in [2.24, 2.45) is 0 Å². The molecule has 0 aliphatic carbocycles. The zero-order valence-corrected chi connectivity index (χ0v) is 11.6. The van der Waals surface area contributed by atoms with Gasteiger partial charge in [-0.15, -0.1) is 5.10 Å². The Morgan fingerprint density at radius 3 is 3.11 bits per heavy atom. The maximum Gasteiger partial charge on any atom is 0.199 e. The Labute approximate surface area is 114 Å². The molecule has 0 spiro atoms. The summed E-state index contributed by atoms with van der Waals surface area (Å²) in [6, 6.07) is 0.490. The topological polar surface area (TPSA) is 59.2 Å². The fourth-order valence-corrected chi connectivity index (χ4v) is 3.17. The largest absolute Gasteiger partial charge is 0.351 e. The van der Waals surface area contributed by atoms with Crippen LogP contribution in [-0.4, -0.2) is 42.9 Å². The van der Waals surface area contributed by atoms with Gasteiger partial charge in [0.2, 0.25) is 0 Å². The van der Waals surface area contributed by atoms with Crippen LogP contribution in [0.2, 0.25) is 0 Å². The highest BCUT2D eigenvalue weighted by atomic mass is 79.9. The number of hydrogen-bond acceptors (Lipinski definition) is 5. The lowest BCUT2D eigenvalue weighted by Crippen LogP contribution is -2.37. The molecule has 2 aromatic heterocycles. The number of rotatable bonds is 2. The van der Waals surface area contributed by atoms with E-state index in [1.807, 2.05) is 6.20 Å². The zero-order chi connectivity index (χ0) is 12.4. The molecule has 0 bridgehead atoms. The maximum atomic E-state index is 4.24. The summed E-state index contributed by atoms with van der Waals surface area (Å²) in [5.41, 5.74) is 0.699. The maximum absolute atomic E-state index is 4.24. The lowest BCUT2D eigenvalue weighted by atomic mass is 10.1. The molecular formula is C11H15BrN6. The van der Waals surface area contributed by atoms with E-state index in [0.29, 0.717) is 11.7 Å². The summed E-state index contributed by atoms with van der Waals surface area (Å²) >= 11 is 3.62. The predicted molar refractivity (Wildman–Crippen MR) is 72.0 cm³/mol. The van der Waals surface area contributed by atoms with Crippen LogP contribution in [0.25, 0.3) is 5.65 Å². The molecule has 1 aliphatic rings. The molecule has 18 heavy (non-hydrogen) atoms. The molecule has 0 radical (unpaired) electrons. The monoisotopic (exact) mass is 310 g/mol. The van der Waals surface area contributed by atoms with Crippen molar-refractivity contribution < 1.29 is 0 Å². The van der Waals surface area contributed by atoms with Crippen molar-refractivity contribution in [2.45, 2.75) is 31.7 Å². The fourth-order valence-electron chi connectivity index (χ4n) is 2.50. The number of aromatic nitrogens is 5. The molecule has 96 valence electrons. The normalized spacial score (nSPS) is 21.2. The van der Waals surface area contributed by atoms with Crippen LogP contribution in [0.4, 0.5) is 5.82 Å². The van der Waals surface area contributed by atoms with Crippen molar-refractivity contribution >= 4 is 27.4 Å². The molecule has 0 saturated carbocycles. The van der Waals surface area contributed by atoms with Gasteiger partial charge < -0.3 is 4.90 Å². The first-order valence-corrected chi connectivity index (χ1v) is 7.37. The first-order valence-electron chi connectivity index (χ1n) is 6.25. The van der Waals surface area contributed by atoms with E-state index in [0.717, 1.165) is 17.7 Å². The summed E-state index contributed by atoms with van der Waals surface area (Å²) in [5, 5.41) is 12.7. The Hall–Kier alpha value is -1.24. The lowest BCUT2D eigenvalue weighted by Gasteiger charge is -2.30. The van der Waals surface area contributed by atoms with Crippen LogP contribution < -0.4 is 4.90 Å². The summed E-state index contributed by atoms with van der Waals surface area (Å²) < 4.78 is 1.77. The molecule has 1 unspecified atom stereocenters. The van der Waals surface area contributed by atoms with E-state index in [9.17, 15) is 0 Å². The number of nitrogens with zero attached hydrogens (tertiary/aromatic N) is 6. The number of alkyl halides is 1. The van der Waals surface area contributed by atoms with Crippen LogP contribution in [-0.2, 0) is 0 Å². The van der Waals surface area contributed by atoms with E-state index < -0.39 is 0 Å². The second-order valence-electron chi connectivity index (χ2n) is 4.57. The van der Waals surface area contributed by atoms with Gasteiger partial charge in [0.25, 0.3) is 0 Å². The minimum Gasteiger partial charge on any atom is -0.351 e. The second kappa shape index (κ2) is 5.17. The summed E-state index contributed by atoms with van der Waals surface area (Å²) in [7, 11) is 0. The number of fused-ring (bicyclic) bond motifs is 1. The standard InChI is InChI=1S/C11H15BrN6/c12-6-9-4-2-1-3-5-17(9)11-8-13-7-10-14-15-16-18(10)11/h7-9H,1-6H2. The highest BCUT2D eigenvalue weighted by Gasteiger charge is 2.23. The third-order valence-corrected chi connectivity index (χ3v) is 4.19. The van der Waals surface area contributed by atoms with Gasteiger partial charge in [0, 0.05) is 17.9 Å². The Morgan fingerprint density at radius 2 is 2.22 bits per heavy atom. The number of hydrogen-bond donors (Lipinski definition) is 0. The summed E-state index contributed by atoms with van der Waals surface area (Å²) in [6.45, 7) is 1.04. The van der Waals surface area contributed by atoms with E-state index >= 15 is 0 Å². The van der Waals surface area contributed by atoms with Gasteiger partial charge in [-0.2, -0.15) is 4.52 Å². The van der Waals surface area contributed by atoms with Gasteiger partial charge in [0.1, 0.15) is 0 Å². The molecular weight excluding hydrogens is 296 g/mol. The SMILES string of the molecule is BrCC1CCCCCN1c1cncc2nnnn12. The number of anilines is 1. The van der Waals surface area contributed by atoms with Crippen LogP contribution in [0.15, 0.2) is 12.4 Å². The van der Waals surface area contributed by atoms with Gasteiger partial charge in [-0.25, -0.2) is 0 Å². The van der Waals surface area contributed by atoms with Crippen molar-refractivity contribution in [2.75, 3.05) is 16.8 Å². The predicted octanol–water partition coefficient (Wildman–Crippen LogP) is 1.66. The molecule has 3 heterocycles. The van der Waals surface area contributed by atoms with Crippen LogP contribution >= 0.6 is 15.9 Å². The molecule has 2 aromatic rings. The molecule has 0 amide bonds. The Bertz CT molecular complexity index is 527. The third kappa shape index (κ3) is 2.07. The molecule has 0 aromatic carbocycles. The fraction of sp³-hybridized carbons (Fsp3) is 0.636. The van der Waals surface area contributed by atoms with E-state index in [1.165, 1.54) is 25.7 Å². The van der Waals surface area contributed by atoms with Gasteiger partial charge in [0.15, 0.2) is 11.5 Å². The van der Waals surface area contributed by atoms with Crippen LogP contribution in [0.3, 0.4) is 0 Å². The van der Waals surface area contributed by atoms with Crippen molar-refractivity contribution in [3.8, 4) is 0 Å². The minimum absolute atomic E-state index is 0.490. The summed E-state index contributed by atoms with van der Waals surface area (Å²) in [5.74, 6) is 0.990. The summed E-state index contributed by atoms with van der Waals surface area (Å²) in [6.07, 6.45) is 8.52. The molecule has 1 fully saturated rings. The Morgan fingerprint density at radius 1 is 1.28 bits per heavy atom. The van der Waals surface area contributed by atoms with Crippen LogP contribution in [0, 0.1) is 0 Å². The van der Waals surface area contributed by atoms with E-state index in [-0.39, 0.29) is 0 Å². The second-order valence-corrected chi connectivity index (χ2v) is 5.21. The Balaban J connectivity index is 2.02. The molecule has 3 rings (SSSR count). The van der Waals surface area contributed by atoms with Gasteiger partial charge >= 0.3 is 0 Å². The van der Waals surface area contributed by atoms with Gasteiger partial charge in [0.05, 0.1) is 12.4 Å². The van der Waals surface area contributed by atoms with E-state index in [1.54, 1.807) is 10.7 Å². The molecule has 1 atom stereocenters. The van der Waals surface area contributed by atoms with Crippen LogP contribution in [0.5, 0.6) is 0 Å². The molecule has 0 N–H and O–H groups in total. The van der Waals surface area contributed by atoms with Crippen molar-refractivity contribution in [3.05, 3.63) is 12.4 Å². The van der Waals surface area contributed by atoms with E-state index in [4.69, 9.17) is 0 Å². The van der Waals surface area contributed by atoms with Crippen molar-refractivity contribution in [1.29, 1.82) is 0 Å². The number of halogens is 1. The number of tetrazole rings is 1. The Kier molecular flexibility index (Phi) is 3.40. The first-order chi connectivity index (χ1) is 8.90. The van der Waals surface area contributed by atoms with Gasteiger partial charge in [-0.3, -0.25) is 4.98 Å². The molecule has 7 heteroatoms. The van der Waals surface area contributed by atoms with Crippen molar-refractivity contribution in [3.63, 3.8) is 0 Å². The van der Waals surface area contributed by atoms with Gasteiger partial charge in [-0.1, -0.05) is 28.8 Å². The highest BCUT2D eigenvalue weighted by molar-refractivity contribution is 9.09. The molecule has 1 saturated heterocycles. The average molecular weight is 311 g/mol. The lowest BCUT2D eigenvalue weighted by molar-refractivity contribution is 0.611. The van der Waals surface area contributed by atoms with Crippen LogP contribution in [0.1, 0.15) is 25.7 Å². The minimum atomic E-state index is 0.490. The quantitative estimate of drug-likeness (QED) is 0.790. The molecule has 6 nitrogen and oxygen atoms in total. The summed E-state index contributed by atoms with van der Waals surface area (Å²) in [4.78, 5) is 6.61. The zero-order valence-electron chi connectivity index (χ0n) is 10.0. The average Bonchev–Trinajstić information content (AvgIpc) is 2.76. The first kappa shape index (κ1) is 11.8. The van der Waals surface area contributed by atoms with Gasteiger partial charge in [-0.05, 0) is 23.3 Å². The van der Waals surface area contributed by atoms with Crippen molar-refractivity contribution in [1.82, 2.24) is 25.0 Å². The molecule has 1 aliphatic heterocycles. The van der Waals surface area contributed by atoms with E-state index in [2.05, 4.69) is 41.3 Å². The highest BCUT2D eigenvalue weighted by Crippen LogP contribution is 2.24. The third-order valence-electron chi connectivity index (χ3n) is 3.44.